The number of hydrogen-bond acceptors (Lipinski definition) is 2. The lowest BCUT2D eigenvalue weighted by atomic mass is 9.63. The summed E-state index contributed by atoms with van der Waals surface area (Å²) < 4.78 is 2.50. The van der Waals surface area contributed by atoms with Crippen molar-refractivity contribution in [2.45, 2.75) is 51.4 Å². The summed E-state index contributed by atoms with van der Waals surface area (Å²) >= 11 is 0. The van der Waals surface area contributed by atoms with Crippen molar-refractivity contribution in [1.82, 2.24) is 14.5 Å². The largest absolute Gasteiger partial charge is 0.309 e. The number of aromatic nitrogens is 3. The highest BCUT2D eigenvalue weighted by Gasteiger charge is 2.38. The first-order valence-corrected chi connectivity index (χ1v) is 20.9. The van der Waals surface area contributed by atoms with Gasteiger partial charge in [0.15, 0.2) is 5.82 Å². The number of rotatable bonds is 5. The first-order valence-electron chi connectivity index (χ1n) is 20.9. The van der Waals surface area contributed by atoms with Gasteiger partial charge >= 0.3 is 0 Å². The summed E-state index contributed by atoms with van der Waals surface area (Å²) in [6.07, 6.45) is 2.36. The predicted octanol–water partition coefficient (Wildman–Crippen LogP) is 14.9. The molecule has 0 atom stereocenters. The van der Waals surface area contributed by atoms with Gasteiger partial charge in [0.05, 0.1) is 22.4 Å². The van der Waals surface area contributed by atoms with Crippen LogP contribution in [0.5, 0.6) is 0 Å². The summed E-state index contributed by atoms with van der Waals surface area (Å²) in [6.45, 7) is 9.67. The molecule has 1 aliphatic rings. The van der Waals surface area contributed by atoms with Crippen LogP contribution in [0.1, 0.15) is 51.7 Å². The summed E-state index contributed by atoms with van der Waals surface area (Å²) in [5.74, 6) is 0.706. The second kappa shape index (κ2) is 13.4. The molecule has 0 N–H and O–H groups in total. The fraction of sp³-hybridized carbons (Fsp3) is 0.143. The maximum atomic E-state index is 5.24. The topological polar surface area (TPSA) is 30.7 Å². The van der Waals surface area contributed by atoms with E-state index >= 15 is 0 Å². The summed E-state index contributed by atoms with van der Waals surface area (Å²) in [7, 11) is 0. The fourth-order valence-electron chi connectivity index (χ4n) is 9.55. The molecule has 284 valence electrons. The van der Waals surface area contributed by atoms with E-state index in [1.54, 1.807) is 0 Å². The summed E-state index contributed by atoms with van der Waals surface area (Å²) in [5, 5.41) is 7.60. The van der Waals surface area contributed by atoms with Gasteiger partial charge in [-0.25, -0.2) is 9.97 Å². The van der Waals surface area contributed by atoms with Crippen LogP contribution in [0.2, 0.25) is 0 Å². The molecule has 0 amide bonds. The van der Waals surface area contributed by atoms with Gasteiger partial charge in [-0.2, -0.15) is 0 Å². The minimum Gasteiger partial charge on any atom is -0.309 e. The summed E-state index contributed by atoms with van der Waals surface area (Å²) in [6, 6.07) is 63.8. The molecule has 3 nitrogen and oxygen atoms in total. The molecular weight excluding hydrogens is 715 g/mol. The van der Waals surface area contributed by atoms with E-state index in [9.17, 15) is 0 Å². The molecule has 0 radical (unpaired) electrons. The average Bonchev–Trinajstić information content (AvgIpc) is 3.62. The molecule has 0 saturated carbocycles. The van der Waals surface area contributed by atoms with Crippen LogP contribution in [0.3, 0.4) is 0 Å². The van der Waals surface area contributed by atoms with E-state index in [1.807, 2.05) is 6.07 Å². The Labute approximate surface area is 345 Å². The van der Waals surface area contributed by atoms with Gasteiger partial charge in [0.1, 0.15) is 0 Å². The van der Waals surface area contributed by atoms with E-state index in [2.05, 4.69) is 202 Å². The van der Waals surface area contributed by atoms with E-state index in [-0.39, 0.29) is 10.8 Å². The van der Waals surface area contributed by atoms with Crippen LogP contribution in [0.15, 0.2) is 176 Å². The molecule has 0 saturated heterocycles. The number of benzene rings is 8. The van der Waals surface area contributed by atoms with Gasteiger partial charge in [-0.3, -0.25) is 0 Å². The van der Waals surface area contributed by atoms with Crippen LogP contribution in [0, 0.1) is 0 Å². The molecule has 3 heteroatoms. The second-order valence-electron chi connectivity index (χ2n) is 17.7. The van der Waals surface area contributed by atoms with Crippen LogP contribution in [0.25, 0.3) is 94.1 Å². The van der Waals surface area contributed by atoms with Crippen molar-refractivity contribution in [1.29, 1.82) is 0 Å². The average molecular weight is 760 g/mol. The van der Waals surface area contributed by atoms with Gasteiger partial charge in [-0.05, 0) is 111 Å². The molecule has 10 aromatic rings. The molecule has 0 bridgehead atoms. The van der Waals surface area contributed by atoms with Gasteiger partial charge in [-0.1, -0.05) is 155 Å². The number of nitrogens with zero attached hydrogens (tertiary/aromatic N) is 3. The van der Waals surface area contributed by atoms with Gasteiger partial charge in [-0.15, -0.1) is 0 Å². The highest BCUT2D eigenvalue weighted by molar-refractivity contribution is 6.19. The van der Waals surface area contributed by atoms with Crippen LogP contribution < -0.4 is 0 Å². The molecule has 0 aliphatic heterocycles. The Morgan fingerprint density at radius 1 is 0.407 bits per heavy atom. The highest BCUT2D eigenvalue weighted by atomic mass is 15.0. The van der Waals surface area contributed by atoms with Crippen LogP contribution >= 0.6 is 0 Å². The third-order valence-corrected chi connectivity index (χ3v) is 13.1. The Bertz CT molecular complexity index is 3240. The van der Waals surface area contributed by atoms with E-state index in [0.717, 1.165) is 33.8 Å². The molecule has 1 aliphatic carbocycles. The monoisotopic (exact) mass is 759 g/mol. The first-order chi connectivity index (χ1) is 28.7. The molecule has 0 spiro atoms. The van der Waals surface area contributed by atoms with Gasteiger partial charge < -0.3 is 4.57 Å². The Balaban J connectivity index is 1.04. The van der Waals surface area contributed by atoms with Crippen molar-refractivity contribution in [2.24, 2.45) is 0 Å². The molecular formula is C56H45N3. The minimum atomic E-state index is 0.0990. The Morgan fingerprint density at radius 3 is 1.69 bits per heavy atom. The third-order valence-electron chi connectivity index (χ3n) is 13.1. The molecule has 0 fully saturated rings. The lowest BCUT2D eigenvalue weighted by Crippen LogP contribution is -2.33. The zero-order chi connectivity index (χ0) is 39.9. The van der Waals surface area contributed by atoms with Crippen molar-refractivity contribution in [3.63, 3.8) is 0 Å². The maximum absolute atomic E-state index is 5.24. The molecule has 11 rings (SSSR count). The van der Waals surface area contributed by atoms with Crippen molar-refractivity contribution >= 4 is 43.4 Å². The second-order valence-corrected chi connectivity index (χ2v) is 17.7. The SMILES string of the molecule is CC1(C)CCC(C)(C)c2cc3c(cc21)c1ccc2ccccc2c1n3-c1ccc(-c2nc(-c3ccccc3)cc(-c3ccc(-c4ccc5ccccc5c4)cc3)n2)cc1. The third kappa shape index (κ3) is 5.95. The van der Waals surface area contributed by atoms with E-state index in [0.29, 0.717) is 5.82 Å². The number of fused-ring (bicyclic) bond motifs is 7. The van der Waals surface area contributed by atoms with Crippen molar-refractivity contribution in [3.8, 4) is 50.7 Å². The van der Waals surface area contributed by atoms with Crippen molar-refractivity contribution in [2.75, 3.05) is 0 Å². The maximum Gasteiger partial charge on any atom is 0.160 e. The van der Waals surface area contributed by atoms with Crippen LogP contribution in [-0.4, -0.2) is 14.5 Å². The summed E-state index contributed by atoms with van der Waals surface area (Å²) in [4.78, 5) is 10.4. The van der Waals surface area contributed by atoms with Gasteiger partial charge in [0.2, 0.25) is 0 Å². The molecule has 0 unspecified atom stereocenters. The standard InChI is InChI=1S/C56H45N3/c1-55(2)30-31-56(3,4)49-34-52-47(33-48(49)55)46-29-26-38-13-10-11-17-45(38)53(46)59(52)44-27-24-41(25-28-44)54-57-50(39-14-6-5-7-15-39)35-51(58-54)40-21-18-37(19-22-40)43-23-20-36-12-8-9-16-42(36)32-43/h5-29,32-35H,30-31H2,1-4H3. The Kier molecular flexibility index (Phi) is 8.00. The fourth-order valence-corrected chi connectivity index (χ4v) is 9.55. The van der Waals surface area contributed by atoms with Crippen LogP contribution in [0.4, 0.5) is 0 Å². The van der Waals surface area contributed by atoms with Gasteiger partial charge in [0.25, 0.3) is 0 Å². The van der Waals surface area contributed by atoms with Crippen molar-refractivity contribution in [3.05, 3.63) is 187 Å². The molecule has 2 aromatic heterocycles. The Hall–Kier alpha value is -6.84. The van der Waals surface area contributed by atoms with Crippen molar-refractivity contribution < 1.29 is 0 Å². The molecule has 8 aromatic carbocycles. The summed E-state index contributed by atoms with van der Waals surface area (Å²) in [5.41, 5.74) is 14.1. The quantitative estimate of drug-likeness (QED) is 0.175. The predicted molar refractivity (Wildman–Crippen MR) is 248 cm³/mol. The normalized spacial score (nSPS) is 14.6. The number of hydrogen-bond donors (Lipinski definition) is 0. The first kappa shape index (κ1) is 35.3. The highest BCUT2D eigenvalue weighted by Crippen LogP contribution is 2.49. The zero-order valence-corrected chi connectivity index (χ0v) is 34.0. The Morgan fingerprint density at radius 2 is 0.966 bits per heavy atom. The lowest BCUT2D eigenvalue weighted by Gasteiger charge is -2.42. The van der Waals surface area contributed by atoms with Crippen LogP contribution in [-0.2, 0) is 10.8 Å². The molecule has 59 heavy (non-hydrogen) atoms. The molecule has 2 heterocycles. The van der Waals surface area contributed by atoms with Gasteiger partial charge in [0, 0.05) is 38.5 Å². The van der Waals surface area contributed by atoms with E-state index in [1.165, 1.54) is 78.4 Å². The lowest BCUT2D eigenvalue weighted by molar-refractivity contribution is 0.332. The smallest absolute Gasteiger partial charge is 0.160 e. The van der Waals surface area contributed by atoms with E-state index in [4.69, 9.17) is 9.97 Å². The minimum absolute atomic E-state index is 0.0990. The van der Waals surface area contributed by atoms with E-state index < -0.39 is 0 Å². The zero-order valence-electron chi connectivity index (χ0n) is 34.0.